The zero-order valence-corrected chi connectivity index (χ0v) is 10.2. The van der Waals surface area contributed by atoms with Crippen LogP contribution in [-0.2, 0) is 9.59 Å². The van der Waals surface area contributed by atoms with Crippen LogP contribution in [0.5, 0.6) is 0 Å². The van der Waals surface area contributed by atoms with Gasteiger partial charge in [-0.15, -0.1) is 0 Å². The van der Waals surface area contributed by atoms with Crippen LogP contribution in [0.15, 0.2) is 0 Å². The van der Waals surface area contributed by atoms with E-state index in [-0.39, 0.29) is 30.3 Å². The van der Waals surface area contributed by atoms with Gasteiger partial charge in [0.1, 0.15) is 6.04 Å². The zero-order valence-electron chi connectivity index (χ0n) is 10.2. The lowest BCUT2D eigenvalue weighted by molar-refractivity contribution is -0.139. The third-order valence-corrected chi connectivity index (χ3v) is 3.34. The molecule has 0 radical (unpaired) electrons. The number of hydrogen-bond donors (Lipinski definition) is 2. The molecule has 1 saturated carbocycles. The molecule has 5 heteroatoms. The lowest BCUT2D eigenvalue weighted by atomic mass is 10.2. The average molecular weight is 240 g/mol. The quantitative estimate of drug-likeness (QED) is 0.720. The Balaban J connectivity index is 1.89. The van der Waals surface area contributed by atoms with E-state index in [1.54, 1.807) is 11.8 Å². The van der Waals surface area contributed by atoms with E-state index in [0.717, 1.165) is 25.7 Å². The summed E-state index contributed by atoms with van der Waals surface area (Å²) >= 11 is 0. The molecule has 2 aliphatic rings. The molecule has 0 aromatic heterocycles. The topological polar surface area (TPSA) is 69.6 Å². The molecule has 1 heterocycles. The summed E-state index contributed by atoms with van der Waals surface area (Å²) in [7, 11) is 0. The summed E-state index contributed by atoms with van der Waals surface area (Å²) in [6.07, 6.45) is 3.03. The standard InChI is InChI=1S/C12H20N2O3/c1-8(15)7-13-11(16)10-3-2-6-14(10)12(17)9-4-5-9/h8-10,15H,2-7H2,1H3,(H,13,16)/t8-,10?/m1/s1. The Morgan fingerprint density at radius 3 is 2.71 bits per heavy atom. The van der Waals surface area contributed by atoms with Crippen LogP contribution in [0.3, 0.4) is 0 Å². The van der Waals surface area contributed by atoms with Crippen molar-refractivity contribution >= 4 is 11.8 Å². The summed E-state index contributed by atoms with van der Waals surface area (Å²) in [4.78, 5) is 25.6. The van der Waals surface area contributed by atoms with Crippen LogP contribution in [-0.4, -0.2) is 47.1 Å². The van der Waals surface area contributed by atoms with Crippen molar-refractivity contribution in [3.05, 3.63) is 0 Å². The molecule has 1 aliphatic heterocycles. The molecular weight excluding hydrogens is 220 g/mol. The first-order valence-electron chi connectivity index (χ1n) is 6.36. The molecule has 0 spiro atoms. The number of nitrogens with zero attached hydrogens (tertiary/aromatic N) is 1. The Bertz CT molecular complexity index is 313. The highest BCUT2D eigenvalue weighted by Crippen LogP contribution is 2.33. The number of carbonyl (C=O) groups excluding carboxylic acids is 2. The van der Waals surface area contributed by atoms with Crippen LogP contribution in [0.25, 0.3) is 0 Å². The molecule has 2 atom stereocenters. The lowest BCUT2D eigenvalue weighted by Gasteiger charge is -2.24. The fourth-order valence-corrected chi connectivity index (χ4v) is 2.23. The maximum Gasteiger partial charge on any atom is 0.242 e. The number of aliphatic hydroxyl groups excluding tert-OH is 1. The van der Waals surface area contributed by atoms with E-state index in [4.69, 9.17) is 5.11 Å². The molecule has 0 aromatic rings. The Morgan fingerprint density at radius 1 is 1.41 bits per heavy atom. The van der Waals surface area contributed by atoms with Crippen LogP contribution >= 0.6 is 0 Å². The van der Waals surface area contributed by atoms with Crippen molar-refractivity contribution in [3.63, 3.8) is 0 Å². The van der Waals surface area contributed by atoms with Gasteiger partial charge in [0.05, 0.1) is 6.10 Å². The van der Waals surface area contributed by atoms with Crippen molar-refractivity contribution in [1.82, 2.24) is 10.2 Å². The summed E-state index contributed by atoms with van der Waals surface area (Å²) in [6, 6.07) is -0.318. The van der Waals surface area contributed by atoms with Crippen molar-refractivity contribution < 1.29 is 14.7 Å². The monoisotopic (exact) mass is 240 g/mol. The second-order valence-electron chi connectivity index (χ2n) is 5.06. The lowest BCUT2D eigenvalue weighted by Crippen LogP contribution is -2.47. The van der Waals surface area contributed by atoms with E-state index >= 15 is 0 Å². The Kier molecular flexibility index (Phi) is 3.66. The number of amides is 2. The van der Waals surface area contributed by atoms with E-state index in [1.807, 2.05) is 0 Å². The number of nitrogens with one attached hydrogen (secondary N) is 1. The number of carbonyl (C=O) groups is 2. The zero-order chi connectivity index (χ0) is 12.4. The molecule has 1 saturated heterocycles. The average Bonchev–Trinajstić information content (AvgIpc) is 3.02. The van der Waals surface area contributed by atoms with Crippen LogP contribution in [0, 0.1) is 5.92 Å². The van der Waals surface area contributed by atoms with Crippen LogP contribution < -0.4 is 5.32 Å². The maximum atomic E-state index is 12.0. The molecule has 2 rings (SSSR count). The fraction of sp³-hybridized carbons (Fsp3) is 0.833. The molecule has 1 unspecified atom stereocenters. The third-order valence-electron chi connectivity index (χ3n) is 3.34. The van der Waals surface area contributed by atoms with Gasteiger partial charge in [-0.1, -0.05) is 0 Å². The predicted molar refractivity (Wildman–Crippen MR) is 62.1 cm³/mol. The fourth-order valence-electron chi connectivity index (χ4n) is 2.23. The second-order valence-corrected chi connectivity index (χ2v) is 5.06. The minimum absolute atomic E-state index is 0.127. The minimum Gasteiger partial charge on any atom is -0.392 e. The van der Waals surface area contributed by atoms with Gasteiger partial charge in [-0.3, -0.25) is 9.59 Å². The first-order valence-corrected chi connectivity index (χ1v) is 6.36. The highest BCUT2D eigenvalue weighted by molar-refractivity contribution is 5.89. The van der Waals surface area contributed by atoms with Crippen LogP contribution in [0.4, 0.5) is 0 Å². The van der Waals surface area contributed by atoms with Crippen molar-refractivity contribution in [3.8, 4) is 0 Å². The molecule has 0 bridgehead atoms. The Hall–Kier alpha value is -1.10. The molecule has 1 aliphatic carbocycles. The maximum absolute atomic E-state index is 12.0. The van der Waals surface area contributed by atoms with Crippen molar-refractivity contribution in [2.24, 2.45) is 5.92 Å². The number of rotatable bonds is 4. The summed E-state index contributed by atoms with van der Waals surface area (Å²) in [6.45, 7) is 2.57. The van der Waals surface area contributed by atoms with Gasteiger partial charge in [0.15, 0.2) is 0 Å². The van der Waals surface area contributed by atoms with Gasteiger partial charge in [-0.05, 0) is 32.6 Å². The van der Waals surface area contributed by atoms with E-state index in [2.05, 4.69) is 5.32 Å². The largest absolute Gasteiger partial charge is 0.392 e. The number of likely N-dealkylation sites (tertiary alicyclic amines) is 1. The minimum atomic E-state index is -0.548. The molecule has 96 valence electrons. The first-order chi connectivity index (χ1) is 8.09. The van der Waals surface area contributed by atoms with E-state index < -0.39 is 6.10 Å². The number of aliphatic hydroxyl groups is 1. The predicted octanol–water partition coefficient (Wildman–Crippen LogP) is -0.116. The van der Waals surface area contributed by atoms with E-state index in [0.29, 0.717) is 6.54 Å². The highest BCUT2D eigenvalue weighted by Gasteiger charge is 2.40. The van der Waals surface area contributed by atoms with Gasteiger partial charge in [0.2, 0.25) is 11.8 Å². The Labute approximate surface area is 101 Å². The normalized spacial score (nSPS) is 25.8. The van der Waals surface area contributed by atoms with Gasteiger partial charge in [-0.25, -0.2) is 0 Å². The van der Waals surface area contributed by atoms with Crippen molar-refractivity contribution in [2.75, 3.05) is 13.1 Å². The first kappa shape index (κ1) is 12.4. The smallest absolute Gasteiger partial charge is 0.242 e. The highest BCUT2D eigenvalue weighted by atomic mass is 16.3. The van der Waals surface area contributed by atoms with E-state index in [9.17, 15) is 9.59 Å². The van der Waals surface area contributed by atoms with Gasteiger partial charge in [0, 0.05) is 19.0 Å². The third kappa shape index (κ3) is 2.97. The van der Waals surface area contributed by atoms with Gasteiger partial charge in [-0.2, -0.15) is 0 Å². The number of hydrogen-bond acceptors (Lipinski definition) is 3. The van der Waals surface area contributed by atoms with Gasteiger partial charge in [0.25, 0.3) is 0 Å². The summed E-state index contributed by atoms with van der Waals surface area (Å²) in [5.41, 5.74) is 0. The van der Waals surface area contributed by atoms with Crippen LogP contribution in [0.2, 0.25) is 0 Å². The van der Waals surface area contributed by atoms with Crippen molar-refractivity contribution in [1.29, 1.82) is 0 Å². The van der Waals surface area contributed by atoms with Crippen LogP contribution in [0.1, 0.15) is 32.6 Å². The summed E-state index contributed by atoms with van der Waals surface area (Å²) in [5.74, 6) is 0.178. The second kappa shape index (κ2) is 5.04. The molecule has 2 amide bonds. The molecule has 17 heavy (non-hydrogen) atoms. The molecular formula is C12H20N2O3. The van der Waals surface area contributed by atoms with Gasteiger partial charge >= 0.3 is 0 Å². The van der Waals surface area contributed by atoms with Crippen molar-refractivity contribution in [2.45, 2.75) is 44.8 Å². The Morgan fingerprint density at radius 2 is 2.12 bits per heavy atom. The molecule has 0 aromatic carbocycles. The molecule has 2 N–H and O–H groups in total. The molecule has 5 nitrogen and oxygen atoms in total. The van der Waals surface area contributed by atoms with Gasteiger partial charge < -0.3 is 15.3 Å². The summed E-state index contributed by atoms with van der Waals surface area (Å²) < 4.78 is 0. The summed E-state index contributed by atoms with van der Waals surface area (Å²) in [5, 5.41) is 11.8. The van der Waals surface area contributed by atoms with E-state index in [1.165, 1.54) is 0 Å². The SMILES string of the molecule is C[C@@H](O)CNC(=O)C1CCCN1C(=O)C1CC1. The molecule has 2 fully saturated rings.